The maximum Gasteiger partial charge on any atom is 0.226 e. The molecule has 0 bridgehead atoms. The van der Waals surface area contributed by atoms with Gasteiger partial charge in [0.05, 0.1) is 12.5 Å². The summed E-state index contributed by atoms with van der Waals surface area (Å²) in [6.07, 6.45) is 8.46. The Morgan fingerprint density at radius 3 is 2.82 bits per heavy atom. The number of aromatic nitrogens is 5. The van der Waals surface area contributed by atoms with E-state index in [4.69, 9.17) is 4.74 Å². The molecule has 0 atom stereocenters. The number of nitrogens with zero attached hydrogens (tertiary/aromatic N) is 6. The summed E-state index contributed by atoms with van der Waals surface area (Å²) in [5.74, 6) is 2.13. The van der Waals surface area contributed by atoms with Crippen LogP contribution in [0.1, 0.15) is 12.5 Å². The van der Waals surface area contributed by atoms with Gasteiger partial charge >= 0.3 is 0 Å². The zero-order valence-electron chi connectivity index (χ0n) is 15.5. The molecule has 3 aromatic rings. The van der Waals surface area contributed by atoms with E-state index in [0.717, 1.165) is 17.2 Å². The third-order valence-electron chi connectivity index (χ3n) is 4.54. The quantitative estimate of drug-likeness (QED) is 0.659. The summed E-state index contributed by atoms with van der Waals surface area (Å²) in [5, 5.41) is 2.97. The predicted octanol–water partition coefficient (Wildman–Crippen LogP) is 1.21. The molecule has 0 saturated carbocycles. The molecule has 1 fully saturated rings. The molecular formula is C19H21N7O2. The van der Waals surface area contributed by atoms with Gasteiger partial charge in [0.25, 0.3) is 0 Å². The number of carbonyl (C=O) groups excluding carboxylic acids is 1. The first-order chi connectivity index (χ1) is 13.7. The van der Waals surface area contributed by atoms with Crippen molar-refractivity contribution in [3.8, 4) is 11.7 Å². The highest BCUT2D eigenvalue weighted by atomic mass is 16.5. The van der Waals surface area contributed by atoms with Crippen LogP contribution >= 0.6 is 0 Å². The molecule has 4 rings (SSSR count). The van der Waals surface area contributed by atoms with Gasteiger partial charge < -0.3 is 15.0 Å². The number of rotatable bonds is 7. The Hall–Kier alpha value is -3.49. The van der Waals surface area contributed by atoms with Crippen molar-refractivity contribution < 1.29 is 9.53 Å². The highest BCUT2D eigenvalue weighted by Gasteiger charge is 2.33. The fourth-order valence-corrected chi connectivity index (χ4v) is 2.96. The molecule has 9 nitrogen and oxygen atoms in total. The average Bonchev–Trinajstić information content (AvgIpc) is 3.22. The summed E-state index contributed by atoms with van der Waals surface area (Å²) >= 11 is 0. The van der Waals surface area contributed by atoms with Crippen LogP contribution in [0.15, 0.2) is 49.4 Å². The number of amides is 1. The molecule has 0 unspecified atom stereocenters. The number of imidazole rings is 1. The van der Waals surface area contributed by atoms with Crippen LogP contribution in [-0.2, 0) is 11.3 Å². The number of nitrogens with one attached hydrogen (secondary N) is 1. The Kier molecular flexibility index (Phi) is 5.14. The maximum atomic E-state index is 12.4. The molecule has 144 valence electrons. The molecule has 0 aromatic carbocycles. The second-order valence-corrected chi connectivity index (χ2v) is 6.46. The van der Waals surface area contributed by atoms with Gasteiger partial charge in [0.15, 0.2) is 0 Å². The molecule has 1 aliphatic rings. The van der Waals surface area contributed by atoms with Crippen molar-refractivity contribution in [1.29, 1.82) is 0 Å². The Morgan fingerprint density at radius 1 is 1.25 bits per heavy atom. The van der Waals surface area contributed by atoms with Crippen molar-refractivity contribution in [1.82, 2.24) is 29.8 Å². The standard InChI is InChI=1S/C19H21N7O2/c1-2-28-18-4-3-14(8-21-18)9-22-19(27)15-10-26(11-15)17-7-16(23-12-24-17)25-6-5-20-13-25/h3-8,12-13,15H,2,9-11H2,1H3,(H,22,27). The van der Waals surface area contributed by atoms with Gasteiger partial charge in [0.2, 0.25) is 11.8 Å². The molecule has 1 N–H and O–H groups in total. The molecule has 0 spiro atoms. The van der Waals surface area contributed by atoms with E-state index >= 15 is 0 Å². The Balaban J connectivity index is 1.28. The molecule has 0 radical (unpaired) electrons. The topological polar surface area (TPSA) is 98.1 Å². The van der Waals surface area contributed by atoms with Crippen molar-refractivity contribution in [3.05, 3.63) is 55.0 Å². The van der Waals surface area contributed by atoms with Gasteiger partial charge in [-0.1, -0.05) is 6.07 Å². The van der Waals surface area contributed by atoms with Crippen LogP contribution in [0.25, 0.3) is 5.82 Å². The maximum absolute atomic E-state index is 12.4. The van der Waals surface area contributed by atoms with Crippen LogP contribution in [0, 0.1) is 5.92 Å². The first-order valence-corrected chi connectivity index (χ1v) is 9.13. The van der Waals surface area contributed by atoms with E-state index in [1.54, 1.807) is 18.7 Å². The Morgan fingerprint density at radius 2 is 2.11 bits per heavy atom. The zero-order valence-corrected chi connectivity index (χ0v) is 15.5. The second kappa shape index (κ2) is 8.03. The smallest absolute Gasteiger partial charge is 0.226 e. The van der Waals surface area contributed by atoms with Gasteiger partial charge in [-0.3, -0.25) is 9.36 Å². The van der Waals surface area contributed by atoms with Crippen LogP contribution in [0.4, 0.5) is 5.82 Å². The lowest BCUT2D eigenvalue weighted by Crippen LogP contribution is -2.54. The van der Waals surface area contributed by atoms with Crippen LogP contribution in [0.5, 0.6) is 5.88 Å². The van der Waals surface area contributed by atoms with E-state index in [0.29, 0.717) is 32.1 Å². The van der Waals surface area contributed by atoms with Gasteiger partial charge in [-0.05, 0) is 12.5 Å². The molecule has 3 aromatic heterocycles. The van der Waals surface area contributed by atoms with E-state index in [2.05, 4.69) is 30.2 Å². The van der Waals surface area contributed by atoms with Crippen molar-refractivity contribution in [2.24, 2.45) is 5.92 Å². The largest absolute Gasteiger partial charge is 0.478 e. The number of hydrogen-bond acceptors (Lipinski definition) is 7. The van der Waals surface area contributed by atoms with Crippen molar-refractivity contribution in [3.63, 3.8) is 0 Å². The monoisotopic (exact) mass is 379 g/mol. The minimum atomic E-state index is -0.0534. The first kappa shape index (κ1) is 17.9. The minimum Gasteiger partial charge on any atom is -0.478 e. The second-order valence-electron chi connectivity index (χ2n) is 6.46. The summed E-state index contributed by atoms with van der Waals surface area (Å²) in [5.41, 5.74) is 0.939. The van der Waals surface area contributed by atoms with Crippen molar-refractivity contribution in [2.75, 3.05) is 24.6 Å². The van der Waals surface area contributed by atoms with E-state index in [1.165, 1.54) is 6.33 Å². The summed E-state index contributed by atoms with van der Waals surface area (Å²) in [6, 6.07) is 5.61. The number of hydrogen-bond donors (Lipinski definition) is 1. The van der Waals surface area contributed by atoms with Crippen LogP contribution < -0.4 is 15.0 Å². The lowest BCUT2D eigenvalue weighted by atomic mass is 9.99. The summed E-state index contributed by atoms with van der Waals surface area (Å²) in [4.78, 5) is 31.2. The average molecular weight is 379 g/mol. The summed E-state index contributed by atoms with van der Waals surface area (Å²) in [6.45, 7) is 4.21. The van der Waals surface area contributed by atoms with E-state index in [1.807, 2.05) is 35.9 Å². The Labute approximate surface area is 162 Å². The molecule has 0 aliphatic carbocycles. The molecule has 1 aliphatic heterocycles. The van der Waals surface area contributed by atoms with Crippen molar-refractivity contribution >= 4 is 11.7 Å². The summed E-state index contributed by atoms with van der Waals surface area (Å²) < 4.78 is 7.14. The van der Waals surface area contributed by atoms with Crippen LogP contribution in [0.3, 0.4) is 0 Å². The van der Waals surface area contributed by atoms with Gasteiger partial charge in [-0.15, -0.1) is 0 Å². The van der Waals surface area contributed by atoms with Crippen LogP contribution in [0.2, 0.25) is 0 Å². The molecular weight excluding hydrogens is 358 g/mol. The minimum absolute atomic E-state index is 0.0361. The first-order valence-electron chi connectivity index (χ1n) is 9.13. The van der Waals surface area contributed by atoms with E-state index in [-0.39, 0.29) is 11.8 Å². The highest BCUT2D eigenvalue weighted by Crippen LogP contribution is 2.23. The third-order valence-corrected chi connectivity index (χ3v) is 4.54. The lowest BCUT2D eigenvalue weighted by Gasteiger charge is -2.39. The summed E-state index contributed by atoms with van der Waals surface area (Å²) in [7, 11) is 0. The van der Waals surface area contributed by atoms with E-state index in [9.17, 15) is 4.79 Å². The SMILES string of the molecule is CCOc1ccc(CNC(=O)C2CN(c3cc(-n4ccnc4)ncn3)C2)cn1. The number of pyridine rings is 1. The van der Waals surface area contributed by atoms with E-state index < -0.39 is 0 Å². The fraction of sp³-hybridized carbons (Fsp3) is 0.316. The number of anilines is 1. The highest BCUT2D eigenvalue weighted by molar-refractivity contribution is 5.81. The fourth-order valence-electron chi connectivity index (χ4n) is 2.96. The molecule has 28 heavy (non-hydrogen) atoms. The third kappa shape index (κ3) is 3.93. The molecule has 9 heteroatoms. The lowest BCUT2D eigenvalue weighted by molar-refractivity contribution is -0.125. The van der Waals surface area contributed by atoms with Gasteiger partial charge in [-0.2, -0.15) is 0 Å². The normalized spacial score (nSPS) is 13.8. The predicted molar refractivity (Wildman–Crippen MR) is 102 cm³/mol. The Bertz CT molecular complexity index is 922. The zero-order chi connectivity index (χ0) is 19.3. The molecule has 1 saturated heterocycles. The molecule has 1 amide bonds. The van der Waals surface area contributed by atoms with Crippen molar-refractivity contribution in [2.45, 2.75) is 13.5 Å². The van der Waals surface area contributed by atoms with Gasteiger partial charge in [0, 0.05) is 50.4 Å². The number of carbonyl (C=O) groups is 1. The van der Waals surface area contributed by atoms with Crippen LogP contribution in [-0.4, -0.2) is 50.1 Å². The van der Waals surface area contributed by atoms with Gasteiger partial charge in [-0.25, -0.2) is 19.9 Å². The number of ether oxygens (including phenoxy) is 1. The van der Waals surface area contributed by atoms with Gasteiger partial charge in [0.1, 0.15) is 24.3 Å². The molecule has 4 heterocycles.